The quantitative estimate of drug-likeness (QED) is 0.224. The van der Waals surface area contributed by atoms with E-state index in [4.69, 9.17) is 32.7 Å². The molecule has 0 amide bonds. The number of hydrogen-bond donors (Lipinski definition) is 0. The van der Waals surface area contributed by atoms with Crippen LogP contribution in [0.1, 0.15) is 15.9 Å². The van der Waals surface area contributed by atoms with Crippen molar-refractivity contribution in [3.05, 3.63) is 112 Å². The van der Waals surface area contributed by atoms with Gasteiger partial charge < -0.3 is 14.4 Å². The molecular weight excluding hydrogens is 519 g/mol. The number of anilines is 1. The molecule has 7 heteroatoms. The van der Waals surface area contributed by atoms with Crippen molar-refractivity contribution in [3.63, 3.8) is 0 Å². The third-order valence-corrected chi connectivity index (χ3v) is 7.22. The Morgan fingerprint density at radius 2 is 1.47 bits per heavy atom. The van der Waals surface area contributed by atoms with Gasteiger partial charge in [-0.3, -0.25) is 4.90 Å². The van der Waals surface area contributed by atoms with E-state index in [1.807, 2.05) is 24.3 Å². The molecule has 1 saturated heterocycles. The van der Waals surface area contributed by atoms with Gasteiger partial charge in [-0.1, -0.05) is 59.6 Å². The first-order chi connectivity index (χ1) is 18.5. The van der Waals surface area contributed by atoms with Crippen LogP contribution in [0, 0.1) is 0 Å². The Morgan fingerprint density at radius 3 is 2.16 bits per heavy atom. The number of piperazine rings is 1. The number of rotatable bonds is 7. The van der Waals surface area contributed by atoms with Crippen molar-refractivity contribution in [1.29, 1.82) is 0 Å². The summed E-state index contributed by atoms with van der Waals surface area (Å²) >= 11 is 12.1. The standard InChI is InChI=1S/C31H28Cl2N2O3/c1-37-31(36)29-15-12-26(20-30(29)38-27-13-10-25(33)11-14-27)35-18-16-34(17-19-35)21-23-4-2-3-5-28(23)22-6-8-24(32)9-7-22/h2-15,20H,16-19,21H2,1H3. The molecule has 4 aromatic rings. The Kier molecular flexibility index (Phi) is 8.18. The Balaban J connectivity index is 1.29. The second-order valence-electron chi connectivity index (χ2n) is 9.16. The molecule has 0 unspecified atom stereocenters. The molecular formula is C31H28Cl2N2O3. The van der Waals surface area contributed by atoms with E-state index >= 15 is 0 Å². The normalized spacial score (nSPS) is 13.8. The van der Waals surface area contributed by atoms with E-state index in [1.54, 1.807) is 30.3 Å². The van der Waals surface area contributed by atoms with Crippen molar-refractivity contribution in [3.8, 4) is 22.6 Å². The number of ether oxygens (including phenoxy) is 2. The number of benzene rings is 4. The van der Waals surface area contributed by atoms with Gasteiger partial charge in [0, 0.05) is 54.5 Å². The topological polar surface area (TPSA) is 42.0 Å². The van der Waals surface area contributed by atoms with E-state index in [1.165, 1.54) is 23.8 Å². The average Bonchev–Trinajstić information content (AvgIpc) is 2.95. The highest BCUT2D eigenvalue weighted by Gasteiger charge is 2.21. The molecule has 1 heterocycles. The van der Waals surface area contributed by atoms with Crippen molar-refractivity contribution in [1.82, 2.24) is 4.90 Å². The van der Waals surface area contributed by atoms with Crippen LogP contribution in [0.5, 0.6) is 11.5 Å². The van der Waals surface area contributed by atoms with E-state index in [9.17, 15) is 4.79 Å². The highest BCUT2D eigenvalue weighted by molar-refractivity contribution is 6.30. The molecule has 194 valence electrons. The molecule has 38 heavy (non-hydrogen) atoms. The highest BCUT2D eigenvalue weighted by Crippen LogP contribution is 2.32. The summed E-state index contributed by atoms with van der Waals surface area (Å²) in [5.41, 5.74) is 5.08. The lowest BCUT2D eigenvalue weighted by molar-refractivity contribution is 0.0598. The number of halogens is 2. The molecule has 5 nitrogen and oxygen atoms in total. The zero-order valence-corrected chi connectivity index (χ0v) is 22.6. The molecule has 0 radical (unpaired) electrons. The molecule has 0 N–H and O–H groups in total. The Morgan fingerprint density at radius 1 is 0.816 bits per heavy atom. The maximum absolute atomic E-state index is 12.4. The predicted molar refractivity (Wildman–Crippen MR) is 154 cm³/mol. The van der Waals surface area contributed by atoms with Crippen LogP contribution in [0.25, 0.3) is 11.1 Å². The van der Waals surface area contributed by atoms with Gasteiger partial charge in [0.05, 0.1) is 7.11 Å². The fourth-order valence-electron chi connectivity index (χ4n) is 4.67. The van der Waals surface area contributed by atoms with Crippen LogP contribution in [-0.2, 0) is 11.3 Å². The zero-order chi connectivity index (χ0) is 26.5. The number of hydrogen-bond acceptors (Lipinski definition) is 5. The highest BCUT2D eigenvalue weighted by atomic mass is 35.5. The fraction of sp³-hybridized carbons (Fsp3) is 0.194. The monoisotopic (exact) mass is 546 g/mol. The fourth-order valence-corrected chi connectivity index (χ4v) is 4.93. The SMILES string of the molecule is COC(=O)c1ccc(N2CCN(Cc3ccccc3-c3ccc(Cl)cc3)CC2)cc1Oc1ccc(Cl)cc1. The number of esters is 1. The van der Waals surface area contributed by atoms with E-state index in [0.29, 0.717) is 22.1 Å². The molecule has 0 atom stereocenters. The second-order valence-corrected chi connectivity index (χ2v) is 10.0. The molecule has 0 saturated carbocycles. The van der Waals surface area contributed by atoms with Gasteiger partial charge in [0.25, 0.3) is 0 Å². The van der Waals surface area contributed by atoms with Crippen molar-refractivity contribution in [2.45, 2.75) is 6.54 Å². The minimum absolute atomic E-state index is 0.378. The van der Waals surface area contributed by atoms with Crippen LogP contribution in [0.2, 0.25) is 10.0 Å². The van der Waals surface area contributed by atoms with E-state index in [2.05, 4.69) is 46.2 Å². The Labute approximate surface area is 233 Å². The molecule has 4 aromatic carbocycles. The predicted octanol–water partition coefficient (Wildman–Crippen LogP) is 7.56. The van der Waals surface area contributed by atoms with Crippen molar-refractivity contribution in [2.24, 2.45) is 0 Å². The first-order valence-corrected chi connectivity index (χ1v) is 13.2. The van der Waals surface area contributed by atoms with Crippen molar-refractivity contribution in [2.75, 3.05) is 38.2 Å². The summed E-state index contributed by atoms with van der Waals surface area (Å²) < 4.78 is 11.0. The third kappa shape index (κ3) is 6.13. The summed E-state index contributed by atoms with van der Waals surface area (Å²) in [6, 6.07) is 29.2. The van der Waals surface area contributed by atoms with Gasteiger partial charge in [0.2, 0.25) is 0 Å². The van der Waals surface area contributed by atoms with Crippen molar-refractivity contribution >= 4 is 34.9 Å². The summed E-state index contributed by atoms with van der Waals surface area (Å²) in [7, 11) is 1.37. The van der Waals surface area contributed by atoms with Gasteiger partial charge >= 0.3 is 5.97 Å². The number of carbonyl (C=O) groups is 1. The molecule has 0 aliphatic carbocycles. The lowest BCUT2D eigenvalue weighted by Crippen LogP contribution is -2.46. The van der Waals surface area contributed by atoms with Crippen molar-refractivity contribution < 1.29 is 14.3 Å². The van der Waals surface area contributed by atoms with E-state index in [0.717, 1.165) is 43.4 Å². The summed E-state index contributed by atoms with van der Waals surface area (Å²) in [5, 5.41) is 1.36. The van der Waals surface area contributed by atoms with Crippen LogP contribution >= 0.6 is 23.2 Å². The molecule has 1 aliphatic rings. The molecule has 5 rings (SSSR count). The minimum atomic E-state index is -0.440. The number of nitrogens with zero attached hydrogens (tertiary/aromatic N) is 2. The maximum Gasteiger partial charge on any atom is 0.341 e. The molecule has 1 fully saturated rings. The van der Waals surface area contributed by atoms with E-state index < -0.39 is 5.97 Å². The summed E-state index contributed by atoms with van der Waals surface area (Å²) in [4.78, 5) is 17.2. The molecule has 1 aliphatic heterocycles. The third-order valence-electron chi connectivity index (χ3n) is 6.72. The lowest BCUT2D eigenvalue weighted by atomic mass is 9.99. The smallest absolute Gasteiger partial charge is 0.341 e. The second kappa shape index (κ2) is 11.9. The first-order valence-electron chi connectivity index (χ1n) is 12.5. The lowest BCUT2D eigenvalue weighted by Gasteiger charge is -2.36. The number of methoxy groups -OCH3 is 1. The van der Waals surface area contributed by atoms with Crippen LogP contribution in [0.15, 0.2) is 91.0 Å². The van der Waals surface area contributed by atoms with Crippen LogP contribution in [-0.4, -0.2) is 44.2 Å². The van der Waals surface area contributed by atoms with Gasteiger partial charge in [-0.15, -0.1) is 0 Å². The summed E-state index contributed by atoms with van der Waals surface area (Å²) in [6.45, 7) is 4.43. The van der Waals surface area contributed by atoms with Gasteiger partial charge in [-0.05, 0) is 65.2 Å². The largest absolute Gasteiger partial charge is 0.465 e. The van der Waals surface area contributed by atoms with Crippen LogP contribution in [0.4, 0.5) is 5.69 Å². The van der Waals surface area contributed by atoms with Crippen LogP contribution < -0.4 is 9.64 Å². The molecule has 0 bridgehead atoms. The summed E-state index contributed by atoms with van der Waals surface area (Å²) in [5.74, 6) is 0.613. The molecule has 0 aromatic heterocycles. The van der Waals surface area contributed by atoms with E-state index in [-0.39, 0.29) is 0 Å². The van der Waals surface area contributed by atoms with Gasteiger partial charge in [-0.25, -0.2) is 4.79 Å². The van der Waals surface area contributed by atoms with Gasteiger partial charge in [-0.2, -0.15) is 0 Å². The Hall–Kier alpha value is -3.51. The van der Waals surface area contributed by atoms with Crippen LogP contribution in [0.3, 0.4) is 0 Å². The van der Waals surface area contributed by atoms with Gasteiger partial charge in [0.1, 0.15) is 17.1 Å². The van der Waals surface area contributed by atoms with Gasteiger partial charge in [0.15, 0.2) is 0 Å². The minimum Gasteiger partial charge on any atom is -0.465 e. The summed E-state index contributed by atoms with van der Waals surface area (Å²) in [6.07, 6.45) is 0. The molecule has 0 spiro atoms. The Bertz CT molecular complexity index is 1400. The first kappa shape index (κ1) is 26.1. The zero-order valence-electron chi connectivity index (χ0n) is 21.1. The maximum atomic E-state index is 12.4. The average molecular weight is 547 g/mol. The number of carbonyl (C=O) groups excluding carboxylic acids is 1.